The summed E-state index contributed by atoms with van der Waals surface area (Å²) in [7, 11) is 0. The molecule has 47 heavy (non-hydrogen) atoms. The first-order chi connectivity index (χ1) is 22.6. The van der Waals surface area contributed by atoms with Crippen LogP contribution in [0.3, 0.4) is 0 Å². The molecule has 0 aromatic rings. The van der Waals surface area contributed by atoms with E-state index in [0.29, 0.717) is 6.42 Å². The molecule has 2 heterocycles. The molecule has 276 valence electrons. The Morgan fingerprint density at radius 3 is 1.77 bits per heavy atom. The molecular formula is C33H60O14. The summed E-state index contributed by atoms with van der Waals surface area (Å²) in [4.78, 5) is 12.1. The maximum atomic E-state index is 12.1. The maximum Gasteiger partial charge on any atom is 0.305 e. The molecule has 14 nitrogen and oxygen atoms in total. The number of carbonyl (C=O) groups excluding carboxylic acids is 1. The lowest BCUT2D eigenvalue weighted by Gasteiger charge is -2.42. The van der Waals surface area contributed by atoms with Crippen LogP contribution in [0.5, 0.6) is 0 Å². The molecule has 8 N–H and O–H groups in total. The van der Waals surface area contributed by atoms with E-state index in [-0.39, 0.29) is 13.0 Å². The van der Waals surface area contributed by atoms with E-state index in [9.17, 15) is 45.6 Å². The largest absolute Gasteiger partial charge is 0.463 e. The van der Waals surface area contributed by atoms with Crippen molar-refractivity contribution in [3.05, 3.63) is 12.2 Å². The van der Waals surface area contributed by atoms with E-state index in [1.165, 1.54) is 38.5 Å². The Hall–Kier alpha value is -1.27. The number of hydrogen-bond donors (Lipinski definition) is 8. The summed E-state index contributed by atoms with van der Waals surface area (Å²) in [5.41, 5.74) is 0. The summed E-state index contributed by atoms with van der Waals surface area (Å²) in [6.07, 6.45) is 3.00. The monoisotopic (exact) mass is 680 g/mol. The maximum absolute atomic E-state index is 12.1. The van der Waals surface area contributed by atoms with Crippen LogP contribution in [0.4, 0.5) is 0 Å². The van der Waals surface area contributed by atoms with Crippen molar-refractivity contribution in [3.8, 4) is 0 Å². The highest BCUT2D eigenvalue weighted by Crippen LogP contribution is 2.26. The highest BCUT2D eigenvalue weighted by Gasteiger charge is 2.47. The summed E-state index contributed by atoms with van der Waals surface area (Å²) in [5.74, 6) is -0.445. The molecule has 2 rings (SSSR count). The highest BCUT2D eigenvalue weighted by atomic mass is 16.7. The molecule has 0 spiro atoms. The SMILES string of the molecule is CCCCCCCC/C=C\CCCCCCCC(=O)OC[C@H](O)CO[C@@H]1O[C@H](CO[C@H]2O[C@@H](CO)[C@H](O)[C@@H](O)[C@@H]2O)[C@@H](O)[C@H](O)[C@H]1O. The molecule has 0 aliphatic carbocycles. The zero-order valence-corrected chi connectivity index (χ0v) is 27.8. The van der Waals surface area contributed by atoms with Crippen LogP contribution in [-0.4, -0.2) is 141 Å². The second-order valence-electron chi connectivity index (χ2n) is 12.5. The minimum absolute atomic E-state index is 0.233. The zero-order chi connectivity index (χ0) is 34.6. The van der Waals surface area contributed by atoms with Crippen molar-refractivity contribution in [2.24, 2.45) is 0 Å². The molecular weight excluding hydrogens is 620 g/mol. The quantitative estimate of drug-likeness (QED) is 0.0397. The van der Waals surface area contributed by atoms with Gasteiger partial charge in [-0.25, -0.2) is 0 Å². The molecule has 2 aliphatic heterocycles. The fraction of sp³-hybridized carbons (Fsp3) is 0.909. The minimum atomic E-state index is -1.72. The van der Waals surface area contributed by atoms with E-state index in [2.05, 4.69) is 19.1 Å². The van der Waals surface area contributed by atoms with Crippen molar-refractivity contribution in [1.82, 2.24) is 0 Å². The highest BCUT2D eigenvalue weighted by molar-refractivity contribution is 5.69. The smallest absolute Gasteiger partial charge is 0.305 e. The van der Waals surface area contributed by atoms with Crippen LogP contribution in [0, 0.1) is 0 Å². The van der Waals surface area contributed by atoms with Gasteiger partial charge in [0, 0.05) is 6.42 Å². The third kappa shape index (κ3) is 15.4. The molecule has 2 aliphatic rings. The number of carbonyl (C=O) groups is 1. The van der Waals surface area contributed by atoms with E-state index in [1.54, 1.807) is 0 Å². The lowest BCUT2D eigenvalue weighted by Crippen LogP contribution is -2.61. The molecule has 0 amide bonds. The Morgan fingerprint density at radius 2 is 1.17 bits per heavy atom. The Balaban J connectivity index is 1.57. The lowest BCUT2D eigenvalue weighted by molar-refractivity contribution is -0.332. The molecule has 11 atom stereocenters. The number of aliphatic hydroxyl groups excluding tert-OH is 8. The second kappa shape index (κ2) is 24.0. The predicted octanol–water partition coefficient (Wildman–Crippen LogP) is 0.569. The summed E-state index contributed by atoms with van der Waals surface area (Å²) < 4.78 is 26.6. The number of esters is 1. The van der Waals surface area contributed by atoms with E-state index < -0.39 is 93.3 Å². The van der Waals surface area contributed by atoms with E-state index in [1.807, 2.05) is 0 Å². The minimum Gasteiger partial charge on any atom is -0.463 e. The average molecular weight is 681 g/mol. The van der Waals surface area contributed by atoms with Crippen molar-refractivity contribution in [1.29, 1.82) is 0 Å². The molecule has 0 bridgehead atoms. The molecule has 14 heteroatoms. The van der Waals surface area contributed by atoms with Gasteiger partial charge in [-0.05, 0) is 32.1 Å². The fourth-order valence-corrected chi connectivity index (χ4v) is 5.44. The molecule has 0 saturated carbocycles. The van der Waals surface area contributed by atoms with Gasteiger partial charge >= 0.3 is 5.97 Å². The number of unbranched alkanes of at least 4 members (excludes halogenated alkanes) is 11. The van der Waals surface area contributed by atoms with Gasteiger partial charge < -0.3 is 64.5 Å². The number of allylic oxidation sites excluding steroid dienone is 2. The van der Waals surface area contributed by atoms with Gasteiger partial charge in [-0.3, -0.25) is 4.79 Å². The Labute approximate surface area is 278 Å². The summed E-state index contributed by atoms with van der Waals surface area (Å²) in [5, 5.41) is 80.3. The summed E-state index contributed by atoms with van der Waals surface area (Å²) in [6.45, 7) is 0.287. The van der Waals surface area contributed by atoms with Gasteiger partial charge in [0.25, 0.3) is 0 Å². The Kier molecular flexibility index (Phi) is 21.4. The van der Waals surface area contributed by atoms with Gasteiger partial charge in [0.05, 0.1) is 19.8 Å². The third-order valence-electron chi connectivity index (χ3n) is 8.47. The molecule has 0 aromatic carbocycles. The topological polar surface area (TPSA) is 225 Å². The summed E-state index contributed by atoms with van der Waals surface area (Å²) in [6, 6.07) is 0. The molecule has 0 aromatic heterocycles. The van der Waals surface area contributed by atoms with Crippen molar-refractivity contribution in [3.63, 3.8) is 0 Å². The van der Waals surface area contributed by atoms with Gasteiger partial charge in [-0.15, -0.1) is 0 Å². The first-order valence-electron chi connectivity index (χ1n) is 17.3. The second-order valence-corrected chi connectivity index (χ2v) is 12.5. The fourth-order valence-electron chi connectivity index (χ4n) is 5.44. The van der Waals surface area contributed by atoms with E-state index in [4.69, 9.17) is 23.7 Å². The van der Waals surface area contributed by atoms with Crippen LogP contribution >= 0.6 is 0 Å². The van der Waals surface area contributed by atoms with Crippen LogP contribution < -0.4 is 0 Å². The van der Waals surface area contributed by atoms with Crippen LogP contribution in [0.2, 0.25) is 0 Å². The standard InChI is InChI=1S/C33H60O14/c1-2-3-4-5-6-7-8-9-10-11-12-13-14-15-16-17-25(36)43-19-22(35)20-44-32-31(42)29(40)27(38)24(47-32)21-45-33-30(41)28(39)26(37)23(18-34)46-33/h9-10,22-24,26-35,37-42H,2-8,11-21H2,1H3/b10-9-/t22-,23-,24+,26-,27+,28+,29-,30-,31+,32+,33-/m0/s1. The zero-order valence-electron chi connectivity index (χ0n) is 27.8. The first kappa shape index (κ1) is 41.9. The van der Waals surface area contributed by atoms with Crippen molar-refractivity contribution in [2.45, 2.75) is 164 Å². The average Bonchev–Trinajstić information content (AvgIpc) is 3.06. The van der Waals surface area contributed by atoms with Crippen LogP contribution in [0.15, 0.2) is 12.2 Å². The van der Waals surface area contributed by atoms with Crippen molar-refractivity contribution < 1.29 is 69.3 Å². The molecule has 2 fully saturated rings. The van der Waals surface area contributed by atoms with Gasteiger partial charge in [0.1, 0.15) is 61.5 Å². The number of hydrogen-bond acceptors (Lipinski definition) is 14. The van der Waals surface area contributed by atoms with E-state index >= 15 is 0 Å². The van der Waals surface area contributed by atoms with Crippen LogP contribution in [0.25, 0.3) is 0 Å². The van der Waals surface area contributed by atoms with Crippen molar-refractivity contribution in [2.75, 3.05) is 26.4 Å². The van der Waals surface area contributed by atoms with Gasteiger partial charge in [0.15, 0.2) is 12.6 Å². The van der Waals surface area contributed by atoms with Crippen LogP contribution in [0.1, 0.15) is 96.8 Å². The lowest BCUT2D eigenvalue weighted by atomic mass is 9.98. The predicted molar refractivity (Wildman–Crippen MR) is 169 cm³/mol. The normalized spacial score (nSPS) is 32.1. The van der Waals surface area contributed by atoms with E-state index in [0.717, 1.165) is 38.5 Å². The van der Waals surface area contributed by atoms with Crippen molar-refractivity contribution >= 4 is 5.97 Å². The van der Waals surface area contributed by atoms with Gasteiger partial charge in [0.2, 0.25) is 0 Å². The molecule has 0 unspecified atom stereocenters. The third-order valence-corrected chi connectivity index (χ3v) is 8.47. The molecule has 0 radical (unpaired) electrons. The van der Waals surface area contributed by atoms with Gasteiger partial charge in [-0.1, -0.05) is 70.4 Å². The first-order valence-corrected chi connectivity index (χ1v) is 17.3. The number of ether oxygens (including phenoxy) is 5. The van der Waals surface area contributed by atoms with Gasteiger partial charge in [-0.2, -0.15) is 0 Å². The summed E-state index contributed by atoms with van der Waals surface area (Å²) >= 11 is 0. The Morgan fingerprint density at radius 1 is 0.660 bits per heavy atom. The molecule has 2 saturated heterocycles. The number of rotatable bonds is 24. The number of aliphatic hydroxyl groups is 8. The Bertz CT molecular complexity index is 844. The van der Waals surface area contributed by atoms with Crippen LogP contribution in [-0.2, 0) is 28.5 Å².